The van der Waals surface area contributed by atoms with Crippen molar-refractivity contribution >= 4 is 17.7 Å². The Balaban J connectivity index is 1.92. The van der Waals surface area contributed by atoms with Crippen LogP contribution in [0.1, 0.15) is 48.8 Å². The van der Waals surface area contributed by atoms with E-state index < -0.39 is 0 Å². The van der Waals surface area contributed by atoms with Crippen LogP contribution >= 0.6 is 11.8 Å². The molecule has 0 aliphatic heterocycles. The summed E-state index contributed by atoms with van der Waals surface area (Å²) in [4.78, 5) is 21.3. The lowest BCUT2D eigenvalue weighted by molar-refractivity contribution is -0.121. The van der Waals surface area contributed by atoms with Gasteiger partial charge in [-0.05, 0) is 63.6 Å². The van der Waals surface area contributed by atoms with Crippen molar-refractivity contribution in [3.63, 3.8) is 0 Å². The molecular formula is C20H27N3O2S. The minimum absolute atomic E-state index is 0.0270. The zero-order chi connectivity index (χ0) is 19.1. The van der Waals surface area contributed by atoms with Crippen LogP contribution in [-0.4, -0.2) is 28.7 Å². The summed E-state index contributed by atoms with van der Waals surface area (Å²) >= 11 is 1.53. The molecule has 2 rings (SSSR count). The number of amides is 1. The molecule has 1 aromatic heterocycles. The summed E-state index contributed by atoms with van der Waals surface area (Å²) in [5.74, 6) is 0.869. The van der Waals surface area contributed by atoms with Crippen molar-refractivity contribution in [2.75, 3.05) is 12.9 Å². The number of hydrogen-bond donors (Lipinski definition) is 1. The maximum atomic E-state index is 12.3. The van der Waals surface area contributed by atoms with Gasteiger partial charge in [-0.2, -0.15) is 0 Å². The van der Waals surface area contributed by atoms with Crippen LogP contribution in [0.15, 0.2) is 29.4 Å². The Bertz CT molecular complexity index is 724. The van der Waals surface area contributed by atoms with Crippen LogP contribution in [-0.2, 0) is 11.2 Å². The average molecular weight is 374 g/mol. The molecule has 1 N–H and O–H groups in total. The lowest BCUT2D eigenvalue weighted by atomic mass is 10.1. The number of nitrogens with one attached hydrogen (secondary N) is 1. The van der Waals surface area contributed by atoms with Crippen molar-refractivity contribution in [2.24, 2.45) is 0 Å². The first-order valence-electron chi connectivity index (χ1n) is 8.84. The van der Waals surface area contributed by atoms with Crippen LogP contribution in [0.2, 0.25) is 0 Å². The predicted octanol–water partition coefficient (Wildman–Crippen LogP) is 4.02. The second-order valence-corrected chi connectivity index (χ2v) is 6.92. The highest BCUT2D eigenvalue weighted by atomic mass is 32.2. The van der Waals surface area contributed by atoms with Gasteiger partial charge in [-0.15, -0.1) is 0 Å². The largest absolute Gasteiger partial charge is 0.494 e. The van der Waals surface area contributed by atoms with Gasteiger partial charge in [-0.25, -0.2) is 9.97 Å². The molecule has 0 saturated heterocycles. The molecule has 26 heavy (non-hydrogen) atoms. The van der Waals surface area contributed by atoms with Gasteiger partial charge in [0.15, 0.2) is 5.16 Å². The molecule has 1 heterocycles. The van der Waals surface area contributed by atoms with Crippen LogP contribution < -0.4 is 10.1 Å². The summed E-state index contributed by atoms with van der Waals surface area (Å²) in [6, 6.07) is 7.78. The molecule has 1 atom stereocenters. The van der Waals surface area contributed by atoms with E-state index >= 15 is 0 Å². The van der Waals surface area contributed by atoms with Crippen molar-refractivity contribution in [2.45, 2.75) is 51.7 Å². The SMILES string of the molecule is CCOc1ccc(C(C)NC(=O)CCc2c(C)nc(SC)nc2C)cc1. The zero-order valence-electron chi connectivity index (χ0n) is 16.1. The molecule has 0 radical (unpaired) electrons. The molecule has 0 saturated carbocycles. The number of benzene rings is 1. The summed E-state index contributed by atoms with van der Waals surface area (Å²) in [6.07, 6.45) is 3.03. The van der Waals surface area contributed by atoms with E-state index in [1.165, 1.54) is 11.8 Å². The number of nitrogens with zero attached hydrogens (tertiary/aromatic N) is 2. The average Bonchev–Trinajstić information content (AvgIpc) is 2.61. The minimum atomic E-state index is -0.0458. The predicted molar refractivity (Wildman–Crippen MR) is 106 cm³/mol. The zero-order valence-corrected chi connectivity index (χ0v) is 16.9. The first kappa shape index (κ1) is 20.2. The number of aryl methyl sites for hydroxylation is 2. The highest BCUT2D eigenvalue weighted by Crippen LogP contribution is 2.19. The molecule has 1 unspecified atom stereocenters. The number of carbonyl (C=O) groups excluding carboxylic acids is 1. The van der Waals surface area contributed by atoms with Gasteiger partial charge in [0.2, 0.25) is 5.91 Å². The third-order valence-corrected chi connectivity index (χ3v) is 4.80. The van der Waals surface area contributed by atoms with E-state index in [2.05, 4.69) is 15.3 Å². The third kappa shape index (κ3) is 5.46. The van der Waals surface area contributed by atoms with E-state index in [-0.39, 0.29) is 11.9 Å². The molecule has 5 nitrogen and oxygen atoms in total. The summed E-state index contributed by atoms with van der Waals surface area (Å²) < 4.78 is 5.45. The second kappa shape index (κ2) is 9.57. The fraction of sp³-hybridized carbons (Fsp3) is 0.450. The number of thioether (sulfide) groups is 1. The second-order valence-electron chi connectivity index (χ2n) is 6.15. The number of aromatic nitrogens is 2. The maximum absolute atomic E-state index is 12.3. The fourth-order valence-electron chi connectivity index (χ4n) is 2.82. The van der Waals surface area contributed by atoms with Gasteiger partial charge in [-0.3, -0.25) is 4.79 Å². The molecule has 1 amide bonds. The summed E-state index contributed by atoms with van der Waals surface area (Å²) in [7, 11) is 0. The van der Waals surface area contributed by atoms with E-state index in [1.54, 1.807) is 0 Å². The highest BCUT2D eigenvalue weighted by molar-refractivity contribution is 7.98. The molecule has 6 heteroatoms. The van der Waals surface area contributed by atoms with E-state index in [4.69, 9.17) is 4.74 Å². The molecule has 0 aliphatic carbocycles. The Morgan fingerprint density at radius 1 is 1.19 bits per heavy atom. The molecule has 2 aromatic rings. The van der Waals surface area contributed by atoms with Gasteiger partial charge in [0.05, 0.1) is 12.6 Å². The monoisotopic (exact) mass is 373 g/mol. The first-order chi connectivity index (χ1) is 12.4. The van der Waals surface area contributed by atoms with Gasteiger partial charge in [0.1, 0.15) is 5.75 Å². The summed E-state index contributed by atoms with van der Waals surface area (Å²) in [5.41, 5.74) is 4.02. The smallest absolute Gasteiger partial charge is 0.220 e. The van der Waals surface area contributed by atoms with E-state index in [9.17, 15) is 4.79 Å². The van der Waals surface area contributed by atoms with E-state index in [0.29, 0.717) is 19.4 Å². The van der Waals surface area contributed by atoms with Gasteiger partial charge >= 0.3 is 0 Å². The number of rotatable bonds is 8. The molecule has 0 bridgehead atoms. The van der Waals surface area contributed by atoms with E-state index in [0.717, 1.165) is 33.4 Å². The minimum Gasteiger partial charge on any atom is -0.494 e. The van der Waals surface area contributed by atoms with Crippen molar-refractivity contribution in [1.29, 1.82) is 0 Å². The Morgan fingerprint density at radius 2 is 1.81 bits per heavy atom. The van der Waals surface area contributed by atoms with Crippen molar-refractivity contribution < 1.29 is 9.53 Å². The summed E-state index contributed by atoms with van der Waals surface area (Å²) in [5, 5.41) is 3.83. The van der Waals surface area contributed by atoms with Gasteiger partial charge in [0.25, 0.3) is 0 Å². The van der Waals surface area contributed by atoms with Crippen molar-refractivity contribution in [3.05, 3.63) is 46.8 Å². The standard InChI is InChI=1S/C20H27N3O2S/c1-6-25-17-9-7-16(8-10-17)13(2)21-19(24)12-11-18-14(3)22-20(26-5)23-15(18)4/h7-10,13H,6,11-12H2,1-5H3,(H,21,24). The van der Waals surface area contributed by atoms with Crippen LogP contribution in [0.5, 0.6) is 5.75 Å². The van der Waals surface area contributed by atoms with Crippen LogP contribution in [0.4, 0.5) is 0 Å². The van der Waals surface area contributed by atoms with Gasteiger partial charge in [0, 0.05) is 17.8 Å². The van der Waals surface area contributed by atoms with Crippen molar-refractivity contribution in [1.82, 2.24) is 15.3 Å². The Hall–Kier alpha value is -2.08. The van der Waals surface area contributed by atoms with Crippen LogP contribution in [0, 0.1) is 13.8 Å². The van der Waals surface area contributed by atoms with Gasteiger partial charge < -0.3 is 10.1 Å². The Kier molecular flexibility index (Phi) is 7.45. The molecular weight excluding hydrogens is 346 g/mol. The quantitative estimate of drug-likeness (QED) is 0.559. The molecule has 0 aliphatic rings. The molecule has 1 aromatic carbocycles. The third-order valence-electron chi connectivity index (χ3n) is 4.25. The molecule has 140 valence electrons. The fourth-order valence-corrected chi connectivity index (χ4v) is 3.27. The molecule has 0 fully saturated rings. The van der Waals surface area contributed by atoms with Crippen LogP contribution in [0.3, 0.4) is 0 Å². The maximum Gasteiger partial charge on any atom is 0.220 e. The lowest BCUT2D eigenvalue weighted by Gasteiger charge is -2.15. The first-order valence-corrected chi connectivity index (χ1v) is 10.1. The highest BCUT2D eigenvalue weighted by Gasteiger charge is 2.13. The number of hydrogen-bond acceptors (Lipinski definition) is 5. The Labute approximate surface area is 160 Å². The summed E-state index contributed by atoms with van der Waals surface area (Å²) in [6.45, 7) is 8.54. The van der Waals surface area contributed by atoms with Crippen molar-refractivity contribution in [3.8, 4) is 5.75 Å². The molecule has 0 spiro atoms. The van der Waals surface area contributed by atoms with Crippen LogP contribution in [0.25, 0.3) is 0 Å². The van der Waals surface area contributed by atoms with E-state index in [1.807, 2.05) is 58.2 Å². The van der Waals surface area contributed by atoms with Gasteiger partial charge in [-0.1, -0.05) is 23.9 Å². The number of carbonyl (C=O) groups is 1. The Morgan fingerprint density at radius 3 is 2.35 bits per heavy atom. The number of ether oxygens (including phenoxy) is 1. The topological polar surface area (TPSA) is 64.1 Å². The normalized spacial score (nSPS) is 11.9. The lowest BCUT2D eigenvalue weighted by Crippen LogP contribution is -2.27.